The molecule has 0 atom stereocenters. The summed E-state index contributed by atoms with van der Waals surface area (Å²) < 4.78 is -0.0918. The van der Waals surface area contributed by atoms with E-state index in [-0.39, 0.29) is 4.75 Å². The summed E-state index contributed by atoms with van der Waals surface area (Å²) in [6.45, 7) is 7.31. The number of nitriles is 1. The van der Waals surface area contributed by atoms with Gasteiger partial charge in [0.15, 0.2) is 0 Å². The molecular formula is C14H25N3S. The van der Waals surface area contributed by atoms with Gasteiger partial charge >= 0.3 is 0 Å². The minimum atomic E-state index is -0.0918. The molecule has 2 rings (SSSR count). The Bertz CT molecular complexity index is 286. The van der Waals surface area contributed by atoms with Gasteiger partial charge in [0.1, 0.15) is 4.75 Å². The molecule has 18 heavy (non-hydrogen) atoms. The van der Waals surface area contributed by atoms with E-state index in [9.17, 15) is 5.26 Å². The van der Waals surface area contributed by atoms with E-state index in [0.29, 0.717) is 0 Å². The van der Waals surface area contributed by atoms with Gasteiger partial charge < -0.3 is 9.80 Å². The van der Waals surface area contributed by atoms with Crippen LogP contribution in [0.3, 0.4) is 0 Å². The van der Waals surface area contributed by atoms with Gasteiger partial charge in [0.05, 0.1) is 6.07 Å². The van der Waals surface area contributed by atoms with Gasteiger partial charge in [0.25, 0.3) is 0 Å². The fourth-order valence-electron chi connectivity index (χ4n) is 3.02. The van der Waals surface area contributed by atoms with E-state index < -0.39 is 0 Å². The Hall–Kier alpha value is -0.240. The molecule has 2 aliphatic rings. The second-order valence-electron chi connectivity index (χ2n) is 5.55. The third-order valence-corrected chi connectivity index (χ3v) is 5.69. The lowest BCUT2D eigenvalue weighted by Crippen LogP contribution is -2.42. The first-order chi connectivity index (χ1) is 8.78. The van der Waals surface area contributed by atoms with E-state index in [0.717, 1.165) is 25.9 Å². The van der Waals surface area contributed by atoms with Crippen LogP contribution in [0, 0.1) is 11.3 Å². The summed E-state index contributed by atoms with van der Waals surface area (Å²) in [5.74, 6) is 0. The van der Waals surface area contributed by atoms with Crippen molar-refractivity contribution in [2.45, 2.75) is 36.9 Å². The average molecular weight is 267 g/mol. The molecule has 0 saturated carbocycles. The Kier molecular flexibility index (Phi) is 5.35. The summed E-state index contributed by atoms with van der Waals surface area (Å²) in [6.07, 6.45) is 8.22. The van der Waals surface area contributed by atoms with Crippen molar-refractivity contribution in [3.8, 4) is 6.07 Å². The molecule has 0 aliphatic carbocycles. The molecule has 0 unspecified atom stereocenters. The number of hydrogen-bond donors (Lipinski definition) is 0. The van der Waals surface area contributed by atoms with Crippen molar-refractivity contribution in [1.29, 1.82) is 5.26 Å². The summed E-state index contributed by atoms with van der Waals surface area (Å²) in [4.78, 5) is 5.13. The molecule has 2 aliphatic heterocycles. The zero-order chi connectivity index (χ0) is 12.8. The van der Waals surface area contributed by atoms with Crippen LogP contribution in [-0.2, 0) is 0 Å². The molecule has 3 nitrogen and oxygen atoms in total. The van der Waals surface area contributed by atoms with E-state index in [2.05, 4.69) is 22.1 Å². The van der Waals surface area contributed by atoms with Crippen molar-refractivity contribution in [3.05, 3.63) is 0 Å². The fourth-order valence-corrected chi connectivity index (χ4v) is 3.71. The van der Waals surface area contributed by atoms with E-state index in [1.54, 1.807) is 11.8 Å². The molecular weight excluding hydrogens is 242 g/mol. The van der Waals surface area contributed by atoms with Crippen LogP contribution in [0.1, 0.15) is 32.1 Å². The highest BCUT2D eigenvalue weighted by Gasteiger charge is 2.33. The standard InChI is InChI=1S/C14H25N3S/c1-18-14(13-15)5-11-17(12-6-14)10-4-9-16-7-2-3-8-16/h2-12H2,1H3. The Labute approximate surface area is 116 Å². The number of hydrogen-bond acceptors (Lipinski definition) is 4. The molecule has 0 radical (unpaired) electrons. The van der Waals surface area contributed by atoms with Crippen molar-refractivity contribution in [1.82, 2.24) is 9.80 Å². The minimum absolute atomic E-state index is 0.0918. The Morgan fingerprint density at radius 2 is 1.61 bits per heavy atom. The van der Waals surface area contributed by atoms with Crippen molar-refractivity contribution in [3.63, 3.8) is 0 Å². The van der Waals surface area contributed by atoms with Gasteiger partial charge in [-0.15, -0.1) is 11.8 Å². The Morgan fingerprint density at radius 3 is 2.11 bits per heavy atom. The summed E-state index contributed by atoms with van der Waals surface area (Å²) in [6, 6.07) is 2.52. The zero-order valence-corrected chi connectivity index (χ0v) is 12.3. The maximum atomic E-state index is 9.25. The number of likely N-dealkylation sites (tertiary alicyclic amines) is 2. The number of rotatable bonds is 5. The van der Waals surface area contributed by atoms with Crippen LogP contribution in [0.2, 0.25) is 0 Å². The lowest BCUT2D eigenvalue weighted by atomic mass is 9.97. The van der Waals surface area contributed by atoms with Crippen molar-refractivity contribution in [2.75, 3.05) is 45.5 Å². The maximum Gasteiger partial charge on any atom is 0.104 e. The van der Waals surface area contributed by atoms with Crippen LogP contribution < -0.4 is 0 Å². The van der Waals surface area contributed by atoms with Crippen LogP contribution >= 0.6 is 11.8 Å². The second-order valence-corrected chi connectivity index (χ2v) is 6.74. The van der Waals surface area contributed by atoms with Gasteiger partial charge in [0.2, 0.25) is 0 Å². The predicted octanol–water partition coefficient (Wildman–Crippen LogP) is 2.19. The van der Waals surface area contributed by atoms with Gasteiger partial charge in [0, 0.05) is 13.1 Å². The molecule has 102 valence electrons. The molecule has 2 heterocycles. The Morgan fingerprint density at radius 1 is 1.06 bits per heavy atom. The van der Waals surface area contributed by atoms with Crippen LogP contribution in [-0.4, -0.2) is 60.1 Å². The molecule has 0 N–H and O–H groups in total. The lowest BCUT2D eigenvalue weighted by molar-refractivity contribution is 0.202. The second kappa shape index (κ2) is 6.79. The highest BCUT2D eigenvalue weighted by Crippen LogP contribution is 2.33. The first-order valence-electron chi connectivity index (χ1n) is 7.19. The smallest absolute Gasteiger partial charge is 0.104 e. The minimum Gasteiger partial charge on any atom is -0.303 e. The van der Waals surface area contributed by atoms with Gasteiger partial charge in [-0.25, -0.2) is 0 Å². The molecule has 0 aromatic carbocycles. The summed E-state index contributed by atoms with van der Waals surface area (Å²) in [7, 11) is 0. The Balaban J connectivity index is 1.63. The van der Waals surface area contributed by atoms with E-state index >= 15 is 0 Å². The third-order valence-electron chi connectivity index (χ3n) is 4.41. The molecule has 4 heteroatoms. The van der Waals surface area contributed by atoms with Crippen LogP contribution in [0.25, 0.3) is 0 Å². The normalized spacial score (nSPS) is 25.1. The highest BCUT2D eigenvalue weighted by atomic mass is 32.2. The quantitative estimate of drug-likeness (QED) is 0.764. The largest absolute Gasteiger partial charge is 0.303 e. The molecule has 0 aromatic rings. The van der Waals surface area contributed by atoms with Gasteiger partial charge in [-0.2, -0.15) is 5.26 Å². The SMILES string of the molecule is CSC1(C#N)CCN(CCCN2CCCC2)CC1. The van der Waals surface area contributed by atoms with Gasteiger partial charge in [-0.05, 0) is 64.5 Å². The summed E-state index contributed by atoms with van der Waals surface area (Å²) in [5, 5.41) is 9.25. The van der Waals surface area contributed by atoms with E-state index in [1.807, 2.05) is 0 Å². The fraction of sp³-hybridized carbons (Fsp3) is 0.929. The van der Waals surface area contributed by atoms with E-state index in [1.165, 1.54) is 45.4 Å². The van der Waals surface area contributed by atoms with Crippen molar-refractivity contribution in [2.24, 2.45) is 0 Å². The van der Waals surface area contributed by atoms with Crippen molar-refractivity contribution < 1.29 is 0 Å². The first kappa shape index (κ1) is 14.2. The van der Waals surface area contributed by atoms with Crippen LogP contribution in [0.4, 0.5) is 0 Å². The highest BCUT2D eigenvalue weighted by molar-refractivity contribution is 8.00. The van der Waals surface area contributed by atoms with Crippen LogP contribution in [0.15, 0.2) is 0 Å². The number of thioether (sulfide) groups is 1. The zero-order valence-electron chi connectivity index (χ0n) is 11.5. The first-order valence-corrected chi connectivity index (χ1v) is 8.42. The third kappa shape index (κ3) is 3.63. The van der Waals surface area contributed by atoms with E-state index in [4.69, 9.17) is 0 Å². The average Bonchev–Trinajstić information content (AvgIpc) is 2.93. The summed E-state index contributed by atoms with van der Waals surface area (Å²) in [5.41, 5.74) is 0. The number of nitrogens with zero attached hydrogens (tertiary/aromatic N) is 3. The predicted molar refractivity (Wildman–Crippen MR) is 77.8 cm³/mol. The molecule has 0 amide bonds. The van der Waals surface area contributed by atoms with Gasteiger partial charge in [-0.3, -0.25) is 0 Å². The lowest BCUT2D eigenvalue weighted by Gasteiger charge is -2.36. The maximum absolute atomic E-state index is 9.25. The molecule has 0 spiro atoms. The molecule has 2 fully saturated rings. The molecule has 2 saturated heterocycles. The van der Waals surface area contributed by atoms with Crippen molar-refractivity contribution >= 4 is 11.8 Å². The van der Waals surface area contributed by atoms with Gasteiger partial charge in [-0.1, -0.05) is 0 Å². The van der Waals surface area contributed by atoms with Crippen LogP contribution in [0.5, 0.6) is 0 Å². The molecule has 0 aromatic heterocycles. The topological polar surface area (TPSA) is 30.3 Å². The monoisotopic (exact) mass is 267 g/mol. The number of piperidine rings is 1. The summed E-state index contributed by atoms with van der Waals surface area (Å²) >= 11 is 1.74. The molecule has 0 bridgehead atoms.